The molecule has 0 unspecified atom stereocenters. The van der Waals surface area contributed by atoms with Gasteiger partial charge in [0.1, 0.15) is 5.75 Å². The van der Waals surface area contributed by atoms with E-state index in [0.717, 1.165) is 24.8 Å². The van der Waals surface area contributed by atoms with Crippen LogP contribution in [-0.4, -0.2) is 57.4 Å². The van der Waals surface area contributed by atoms with Crippen LogP contribution in [0.25, 0.3) is 0 Å². The molecule has 2 aliphatic heterocycles. The van der Waals surface area contributed by atoms with Gasteiger partial charge in [-0.2, -0.15) is 0 Å². The highest BCUT2D eigenvalue weighted by molar-refractivity contribution is 6.31. The van der Waals surface area contributed by atoms with Crippen molar-refractivity contribution >= 4 is 29.4 Å². The summed E-state index contributed by atoms with van der Waals surface area (Å²) in [5.41, 5.74) is 1.39. The van der Waals surface area contributed by atoms with Crippen LogP contribution in [0.1, 0.15) is 55.7 Å². The number of aromatic hydroxyl groups is 1. The number of amides is 2. The molecule has 0 bridgehead atoms. The fraction of sp³-hybridized carbons (Fsp3) is 0.591. The first-order chi connectivity index (χ1) is 14.4. The minimum Gasteiger partial charge on any atom is -0.508 e. The maximum atomic E-state index is 13.6. The lowest BCUT2D eigenvalue weighted by atomic mass is 9.77. The third kappa shape index (κ3) is 3.75. The molecule has 162 valence electrons. The van der Waals surface area contributed by atoms with Crippen LogP contribution in [0.5, 0.6) is 5.75 Å². The summed E-state index contributed by atoms with van der Waals surface area (Å²) < 4.78 is 0. The molecule has 1 aliphatic carbocycles. The van der Waals surface area contributed by atoms with Crippen molar-refractivity contribution in [3.63, 3.8) is 0 Å². The number of phenols is 1. The average molecular weight is 435 g/mol. The second-order valence-corrected chi connectivity index (χ2v) is 8.94. The maximum Gasteiger partial charge on any atom is 0.307 e. The number of carboxylic acids is 1. The Morgan fingerprint density at radius 3 is 2.47 bits per heavy atom. The van der Waals surface area contributed by atoms with E-state index in [2.05, 4.69) is 0 Å². The average Bonchev–Trinajstić information content (AvgIpc) is 3.14. The molecule has 1 saturated heterocycles. The van der Waals surface area contributed by atoms with Crippen LogP contribution < -0.4 is 0 Å². The molecule has 8 heteroatoms. The smallest absolute Gasteiger partial charge is 0.307 e. The minimum atomic E-state index is -0.928. The van der Waals surface area contributed by atoms with Gasteiger partial charge >= 0.3 is 5.97 Å². The van der Waals surface area contributed by atoms with Crippen molar-refractivity contribution in [2.45, 2.75) is 51.0 Å². The molecule has 1 aromatic carbocycles. The fourth-order valence-electron chi connectivity index (χ4n) is 5.29. The molecule has 7 nitrogen and oxygen atoms in total. The van der Waals surface area contributed by atoms with Gasteiger partial charge in [0.2, 0.25) is 11.8 Å². The molecular formula is C22H27ClN2O5. The summed E-state index contributed by atoms with van der Waals surface area (Å²) in [5, 5.41) is 20.8. The number of fused-ring (bicyclic) bond motifs is 1. The van der Waals surface area contributed by atoms with Gasteiger partial charge in [-0.15, -0.1) is 0 Å². The molecular weight excluding hydrogens is 408 g/mol. The summed E-state index contributed by atoms with van der Waals surface area (Å²) in [7, 11) is 0. The monoisotopic (exact) mass is 434 g/mol. The summed E-state index contributed by atoms with van der Waals surface area (Å²) in [6.07, 6.45) is 4.45. The van der Waals surface area contributed by atoms with E-state index < -0.39 is 23.8 Å². The Bertz CT molecular complexity index is 873. The van der Waals surface area contributed by atoms with Crippen LogP contribution in [0.15, 0.2) is 12.1 Å². The first-order valence-electron chi connectivity index (χ1n) is 10.7. The quantitative estimate of drug-likeness (QED) is 0.759. The number of halogens is 1. The van der Waals surface area contributed by atoms with Gasteiger partial charge in [0.05, 0.1) is 17.9 Å². The van der Waals surface area contributed by atoms with Gasteiger partial charge in [0, 0.05) is 36.6 Å². The number of carbonyl (C=O) groups is 3. The van der Waals surface area contributed by atoms with Crippen molar-refractivity contribution < 1.29 is 24.6 Å². The van der Waals surface area contributed by atoms with Crippen LogP contribution in [0, 0.1) is 11.8 Å². The predicted octanol–water partition coefficient (Wildman–Crippen LogP) is 2.98. The summed E-state index contributed by atoms with van der Waals surface area (Å²) in [5.74, 6) is -2.28. The van der Waals surface area contributed by atoms with E-state index in [1.54, 1.807) is 15.9 Å². The Labute approximate surface area is 180 Å². The summed E-state index contributed by atoms with van der Waals surface area (Å²) in [6, 6.07) is 2.64. The second kappa shape index (κ2) is 8.46. The normalized spacial score (nSPS) is 26.6. The van der Waals surface area contributed by atoms with Crippen LogP contribution in [-0.2, 0) is 20.8 Å². The van der Waals surface area contributed by atoms with E-state index in [0.29, 0.717) is 49.4 Å². The maximum absolute atomic E-state index is 13.6. The van der Waals surface area contributed by atoms with Gasteiger partial charge in [0.25, 0.3) is 0 Å². The molecule has 2 amide bonds. The number of hydrogen-bond acceptors (Lipinski definition) is 4. The van der Waals surface area contributed by atoms with Gasteiger partial charge < -0.3 is 20.0 Å². The van der Waals surface area contributed by atoms with E-state index in [1.165, 1.54) is 6.07 Å². The Kier molecular flexibility index (Phi) is 5.91. The van der Waals surface area contributed by atoms with Crippen LogP contribution in [0.3, 0.4) is 0 Å². The number of nitrogens with zero attached hydrogens (tertiary/aromatic N) is 2. The Balaban J connectivity index is 1.70. The molecule has 2 heterocycles. The summed E-state index contributed by atoms with van der Waals surface area (Å²) >= 11 is 6.39. The van der Waals surface area contributed by atoms with Crippen molar-refractivity contribution in [1.29, 1.82) is 0 Å². The van der Waals surface area contributed by atoms with Gasteiger partial charge in [-0.05, 0) is 43.4 Å². The number of phenolic OH excluding ortho intramolecular Hbond substituents is 1. The molecule has 0 spiro atoms. The molecule has 4 rings (SSSR count). The Morgan fingerprint density at radius 1 is 1.07 bits per heavy atom. The molecule has 1 saturated carbocycles. The zero-order valence-electron chi connectivity index (χ0n) is 16.8. The van der Waals surface area contributed by atoms with E-state index in [1.807, 2.05) is 0 Å². The van der Waals surface area contributed by atoms with Gasteiger partial charge in [-0.3, -0.25) is 14.4 Å². The lowest BCUT2D eigenvalue weighted by Crippen LogP contribution is -2.50. The largest absolute Gasteiger partial charge is 0.508 e. The van der Waals surface area contributed by atoms with Gasteiger partial charge in [0.15, 0.2) is 0 Å². The lowest BCUT2D eigenvalue weighted by molar-refractivity contribution is -0.154. The van der Waals surface area contributed by atoms with Crippen LogP contribution >= 0.6 is 11.6 Å². The third-order valence-electron chi connectivity index (χ3n) is 6.84. The molecule has 2 N–H and O–H groups in total. The number of aliphatic carboxylic acids is 1. The Hall–Kier alpha value is -2.28. The number of benzene rings is 1. The van der Waals surface area contributed by atoms with Gasteiger partial charge in [-0.1, -0.05) is 24.4 Å². The number of hydrogen-bond donors (Lipinski definition) is 2. The van der Waals surface area contributed by atoms with Crippen molar-refractivity contribution in [2.75, 3.05) is 19.6 Å². The standard InChI is InChI=1S/C22H27ClN2O5/c23-16-7-8-18(26)20-15(16)9-11-25(17(20)12-24-10-3-6-19(24)27)21(28)13-4-1-2-5-14(13)22(29)30/h7-8,13-14,17,26H,1-6,9-12H2,(H,29,30)/t13-,14+,17-/m1/s1. The van der Waals surface area contributed by atoms with E-state index >= 15 is 0 Å². The fourth-order valence-corrected chi connectivity index (χ4v) is 5.55. The molecule has 1 aromatic rings. The Morgan fingerprint density at radius 2 is 1.80 bits per heavy atom. The molecule has 0 radical (unpaired) electrons. The lowest BCUT2D eigenvalue weighted by Gasteiger charge is -2.42. The highest BCUT2D eigenvalue weighted by atomic mass is 35.5. The molecule has 2 fully saturated rings. The molecule has 0 aromatic heterocycles. The van der Waals surface area contributed by atoms with Crippen molar-refractivity contribution in [2.24, 2.45) is 11.8 Å². The number of carboxylic acid groups (broad SMARTS) is 1. The first kappa shape index (κ1) is 21.0. The molecule has 3 atom stereocenters. The summed E-state index contributed by atoms with van der Waals surface area (Å²) in [4.78, 5) is 41.1. The molecule has 30 heavy (non-hydrogen) atoms. The van der Waals surface area contributed by atoms with E-state index in [-0.39, 0.29) is 24.1 Å². The predicted molar refractivity (Wildman–Crippen MR) is 110 cm³/mol. The van der Waals surface area contributed by atoms with Gasteiger partial charge in [-0.25, -0.2) is 0 Å². The van der Waals surface area contributed by atoms with Crippen LogP contribution in [0.4, 0.5) is 0 Å². The first-order valence-corrected chi connectivity index (χ1v) is 11.1. The minimum absolute atomic E-state index is 0.0390. The zero-order valence-corrected chi connectivity index (χ0v) is 17.6. The number of carbonyl (C=O) groups excluding carboxylic acids is 2. The number of likely N-dealkylation sites (tertiary alicyclic amines) is 1. The summed E-state index contributed by atoms with van der Waals surface area (Å²) in [6.45, 7) is 1.30. The van der Waals surface area contributed by atoms with E-state index in [9.17, 15) is 24.6 Å². The highest BCUT2D eigenvalue weighted by Crippen LogP contribution is 2.42. The molecule has 3 aliphatic rings. The van der Waals surface area contributed by atoms with Crippen molar-refractivity contribution in [3.8, 4) is 5.75 Å². The third-order valence-corrected chi connectivity index (χ3v) is 7.19. The topological polar surface area (TPSA) is 98.2 Å². The van der Waals surface area contributed by atoms with E-state index in [4.69, 9.17) is 11.6 Å². The number of rotatable bonds is 4. The van der Waals surface area contributed by atoms with Crippen molar-refractivity contribution in [3.05, 3.63) is 28.3 Å². The second-order valence-electron chi connectivity index (χ2n) is 8.54. The SMILES string of the molecule is O=C(O)[C@H]1CCCC[C@H]1C(=O)N1CCc2c(Cl)ccc(O)c2[C@H]1CN1CCCC1=O. The van der Waals surface area contributed by atoms with Crippen molar-refractivity contribution in [1.82, 2.24) is 9.80 Å². The van der Waals surface area contributed by atoms with Crippen LogP contribution in [0.2, 0.25) is 5.02 Å². The highest BCUT2D eigenvalue weighted by Gasteiger charge is 2.43. The zero-order chi connectivity index (χ0) is 21.4.